The van der Waals surface area contributed by atoms with Crippen molar-refractivity contribution < 1.29 is 0 Å². The zero-order valence-corrected chi connectivity index (χ0v) is 8.96. The highest BCUT2D eigenvalue weighted by atomic mass is 15.0. The Morgan fingerprint density at radius 2 is 2.43 bits per heavy atom. The highest BCUT2D eigenvalue weighted by Gasteiger charge is 2.33. The molecule has 1 unspecified atom stereocenters. The van der Waals surface area contributed by atoms with E-state index in [4.69, 9.17) is 0 Å². The van der Waals surface area contributed by atoms with Crippen molar-refractivity contribution >= 4 is 0 Å². The zero-order chi connectivity index (χ0) is 10.0. The van der Waals surface area contributed by atoms with Crippen LogP contribution in [0, 0.1) is 5.92 Å². The van der Waals surface area contributed by atoms with Crippen LogP contribution in [0.25, 0.3) is 0 Å². The largest absolute Gasteiger partial charge is 0.311 e. The van der Waals surface area contributed by atoms with Gasteiger partial charge in [-0.3, -0.25) is 4.98 Å². The number of rotatable bonds is 2. The van der Waals surface area contributed by atoms with Crippen LogP contribution in [-0.4, -0.2) is 17.1 Å². The Balaban J connectivity index is 2.05. The maximum absolute atomic E-state index is 4.15. The number of aromatic nitrogens is 1. The van der Waals surface area contributed by atoms with Crippen molar-refractivity contribution in [2.24, 2.45) is 5.92 Å². The van der Waals surface area contributed by atoms with Crippen molar-refractivity contribution in [1.29, 1.82) is 0 Å². The Bertz CT molecular complexity index is 292. The Morgan fingerprint density at radius 3 is 3.00 bits per heavy atom. The van der Waals surface area contributed by atoms with Crippen LogP contribution < -0.4 is 5.32 Å². The van der Waals surface area contributed by atoms with Crippen molar-refractivity contribution in [2.45, 2.75) is 32.2 Å². The second-order valence-corrected chi connectivity index (χ2v) is 4.70. The van der Waals surface area contributed by atoms with Crippen LogP contribution in [0.2, 0.25) is 0 Å². The van der Waals surface area contributed by atoms with Gasteiger partial charge in [0.15, 0.2) is 0 Å². The van der Waals surface area contributed by atoms with Crippen LogP contribution in [0.1, 0.15) is 25.8 Å². The van der Waals surface area contributed by atoms with Gasteiger partial charge in [0.25, 0.3) is 0 Å². The minimum absolute atomic E-state index is 0.288. The summed E-state index contributed by atoms with van der Waals surface area (Å²) in [5.41, 5.74) is 1.64. The van der Waals surface area contributed by atoms with E-state index in [0.29, 0.717) is 0 Å². The zero-order valence-electron chi connectivity index (χ0n) is 8.96. The Labute approximate surface area is 85.7 Å². The fraction of sp³-hybridized carbons (Fsp3) is 0.583. The van der Waals surface area contributed by atoms with Crippen LogP contribution in [0.3, 0.4) is 0 Å². The number of nitrogens with zero attached hydrogens (tertiary/aromatic N) is 1. The molecule has 2 rings (SSSR count). The first-order valence-electron chi connectivity index (χ1n) is 5.32. The van der Waals surface area contributed by atoms with Gasteiger partial charge in [0.05, 0.1) is 0 Å². The van der Waals surface area contributed by atoms with E-state index in [9.17, 15) is 0 Å². The molecule has 0 aliphatic carbocycles. The van der Waals surface area contributed by atoms with Crippen LogP contribution in [0.5, 0.6) is 0 Å². The first-order valence-corrected chi connectivity index (χ1v) is 5.32. The molecule has 2 heteroatoms. The van der Waals surface area contributed by atoms with Crippen LogP contribution in [0.4, 0.5) is 0 Å². The quantitative estimate of drug-likeness (QED) is 0.771. The Kier molecular flexibility index (Phi) is 2.55. The van der Waals surface area contributed by atoms with E-state index in [-0.39, 0.29) is 5.54 Å². The van der Waals surface area contributed by atoms with E-state index < -0.39 is 0 Å². The molecule has 2 heterocycles. The molecule has 0 amide bonds. The van der Waals surface area contributed by atoms with Gasteiger partial charge in [-0.25, -0.2) is 0 Å². The summed E-state index contributed by atoms with van der Waals surface area (Å²) < 4.78 is 0. The molecule has 76 valence electrons. The summed E-state index contributed by atoms with van der Waals surface area (Å²) in [6.45, 7) is 5.74. The lowest BCUT2D eigenvalue weighted by molar-refractivity contribution is 0.332. The normalized spacial score (nSPS) is 25.1. The molecule has 2 nitrogen and oxygen atoms in total. The minimum Gasteiger partial charge on any atom is -0.311 e. The highest BCUT2D eigenvalue weighted by Crippen LogP contribution is 2.28. The third-order valence-electron chi connectivity index (χ3n) is 3.30. The van der Waals surface area contributed by atoms with Gasteiger partial charge in [-0.05, 0) is 50.8 Å². The molecule has 0 saturated carbocycles. The molecule has 0 aromatic carbocycles. The van der Waals surface area contributed by atoms with E-state index in [0.717, 1.165) is 18.9 Å². The predicted molar refractivity (Wildman–Crippen MR) is 58.1 cm³/mol. The molecule has 1 fully saturated rings. The Morgan fingerprint density at radius 1 is 1.57 bits per heavy atom. The molecule has 0 bridgehead atoms. The average Bonchev–Trinajstić information content (AvgIpc) is 2.48. The molecular weight excluding hydrogens is 172 g/mol. The molecule has 1 aromatic rings. The van der Waals surface area contributed by atoms with Crippen molar-refractivity contribution in [3.8, 4) is 0 Å². The van der Waals surface area contributed by atoms with Gasteiger partial charge in [-0.15, -0.1) is 0 Å². The molecule has 0 radical (unpaired) electrons. The smallest absolute Gasteiger partial charge is 0.0299 e. The molecule has 14 heavy (non-hydrogen) atoms. The number of pyridine rings is 1. The second kappa shape index (κ2) is 3.70. The maximum Gasteiger partial charge on any atom is 0.0299 e. The molecule has 1 atom stereocenters. The highest BCUT2D eigenvalue weighted by molar-refractivity contribution is 5.11. The molecular formula is C12H18N2. The molecule has 1 saturated heterocycles. The minimum atomic E-state index is 0.288. The fourth-order valence-corrected chi connectivity index (χ4v) is 2.23. The van der Waals surface area contributed by atoms with Gasteiger partial charge >= 0.3 is 0 Å². The third kappa shape index (κ3) is 1.95. The summed E-state index contributed by atoms with van der Waals surface area (Å²) in [7, 11) is 0. The average molecular weight is 190 g/mol. The van der Waals surface area contributed by atoms with E-state index >= 15 is 0 Å². The van der Waals surface area contributed by atoms with Gasteiger partial charge in [-0.1, -0.05) is 6.07 Å². The molecule has 1 N–H and O–H groups in total. The summed E-state index contributed by atoms with van der Waals surface area (Å²) in [4.78, 5) is 4.15. The molecule has 1 aliphatic rings. The van der Waals surface area contributed by atoms with Gasteiger partial charge in [0, 0.05) is 17.9 Å². The lowest BCUT2D eigenvalue weighted by Gasteiger charge is -2.27. The SMILES string of the molecule is CC1(C)NCCC1Cc1cccnc1. The maximum atomic E-state index is 4.15. The Hall–Kier alpha value is -0.890. The number of hydrogen-bond acceptors (Lipinski definition) is 2. The summed E-state index contributed by atoms with van der Waals surface area (Å²) >= 11 is 0. The van der Waals surface area contributed by atoms with E-state index in [2.05, 4.69) is 30.2 Å². The van der Waals surface area contributed by atoms with Gasteiger partial charge in [0.1, 0.15) is 0 Å². The van der Waals surface area contributed by atoms with Gasteiger partial charge in [-0.2, -0.15) is 0 Å². The van der Waals surface area contributed by atoms with Crippen LogP contribution >= 0.6 is 0 Å². The van der Waals surface area contributed by atoms with E-state index in [1.807, 2.05) is 18.5 Å². The van der Waals surface area contributed by atoms with Crippen LogP contribution in [0.15, 0.2) is 24.5 Å². The molecule has 0 spiro atoms. The molecule has 1 aliphatic heterocycles. The van der Waals surface area contributed by atoms with Gasteiger partial charge < -0.3 is 5.32 Å². The summed E-state index contributed by atoms with van der Waals surface area (Å²) in [6.07, 6.45) is 6.24. The summed E-state index contributed by atoms with van der Waals surface area (Å²) in [5.74, 6) is 0.742. The van der Waals surface area contributed by atoms with E-state index in [1.165, 1.54) is 12.0 Å². The van der Waals surface area contributed by atoms with Crippen LogP contribution in [-0.2, 0) is 6.42 Å². The standard InChI is InChI=1S/C12H18N2/c1-12(2)11(5-7-14-12)8-10-4-3-6-13-9-10/h3-4,6,9,11,14H,5,7-8H2,1-2H3. The number of hydrogen-bond donors (Lipinski definition) is 1. The van der Waals surface area contributed by atoms with Crippen molar-refractivity contribution in [3.05, 3.63) is 30.1 Å². The van der Waals surface area contributed by atoms with Crippen molar-refractivity contribution in [3.63, 3.8) is 0 Å². The fourth-order valence-electron chi connectivity index (χ4n) is 2.23. The first kappa shape index (κ1) is 9.66. The van der Waals surface area contributed by atoms with Crippen molar-refractivity contribution in [1.82, 2.24) is 10.3 Å². The van der Waals surface area contributed by atoms with Crippen molar-refractivity contribution in [2.75, 3.05) is 6.54 Å². The number of nitrogens with one attached hydrogen (secondary N) is 1. The molecule has 1 aromatic heterocycles. The van der Waals surface area contributed by atoms with Gasteiger partial charge in [0.2, 0.25) is 0 Å². The summed E-state index contributed by atoms with van der Waals surface area (Å²) in [6, 6.07) is 4.19. The third-order valence-corrected chi connectivity index (χ3v) is 3.30. The lowest BCUT2D eigenvalue weighted by atomic mass is 9.84. The lowest BCUT2D eigenvalue weighted by Crippen LogP contribution is -2.38. The predicted octanol–water partition coefficient (Wildman–Crippen LogP) is 2.01. The topological polar surface area (TPSA) is 24.9 Å². The second-order valence-electron chi connectivity index (χ2n) is 4.70. The summed E-state index contributed by atoms with van der Waals surface area (Å²) in [5, 5.41) is 3.55. The first-order chi connectivity index (χ1) is 6.68. The van der Waals surface area contributed by atoms with E-state index in [1.54, 1.807) is 0 Å². The monoisotopic (exact) mass is 190 g/mol.